The molecule has 0 aromatic rings. The minimum atomic E-state index is 0.137. The van der Waals surface area contributed by atoms with Crippen molar-refractivity contribution >= 4 is 6.03 Å². The third-order valence-corrected chi connectivity index (χ3v) is 3.84. The van der Waals surface area contributed by atoms with E-state index < -0.39 is 0 Å². The molecule has 2 N–H and O–H groups in total. The van der Waals surface area contributed by atoms with Crippen LogP contribution in [0.2, 0.25) is 0 Å². The second kappa shape index (κ2) is 5.71. The molecule has 0 aromatic carbocycles. The van der Waals surface area contributed by atoms with Crippen LogP contribution in [-0.4, -0.2) is 43.2 Å². The van der Waals surface area contributed by atoms with Gasteiger partial charge in [0.15, 0.2) is 0 Å². The first kappa shape index (κ1) is 12.7. The fraction of sp³-hybridized carbons (Fsp3) is 0.923. The average molecular weight is 239 g/mol. The Balaban J connectivity index is 1.79. The molecule has 2 rings (SSSR count). The Morgan fingerprint density at radius 3 is 2.82 bits per heavy atom. The lowest BCUT2D eigenvalue weighted by Crippen LogP contribution is -2.53. The van der Waals surface area contributed by atoms with Crippen LogP contribution in [0.3, 0.4) is 0 Å². The van der Waals surface area contributed by atoms with Gasteiger partial charge < -0.3 is 15.5 Å². The summed E-state index contributed by atoms with van der Waals surface area (Å²) in [6.07, 6.45) is 3.50. The maximum atomic E-state index is 12.1. The van der Waals surface area contributed by atoms with Crippen molar-refractivity contribution < 1.29 is 4.79 Å². The van der Waals surface area contributed by atoms with Crippen LogP contribution in [0.4, 0.5) is 4.79 Å². The van der Waals surface area contributed by atoms with Crippen LogP contribution < -0.4 is 10.6 Å². The molecule has 2 aliphatic rings. The fourth-order valence-corrected chi connectivity index (χ4v) is 2.91. The second-order valence-corrected chi connectivity index (χ2v) is 5.84. The van der Waals surface area contributed by atoms with Crippen LogP contribution in [0.5, 0.6) is 0 Å². The molecule has 0 aliphatic carbocycles. The molecular weight excluding hydrogens is 214 g/mol. The number of carbonyl (C=O) groups is 1. The molecule has 2 saturated heterocycles. The zero-order valence-electron chi connectivity index (χ0n) is 11.0. The molecule has 4 nitrogen and oxygen atoms in total. The highest BCUT2D eigenvalue weighted by molar-refractivity contribution is 5.74. The van der Waals surface area contributed by atoms with Gasteiger partial charge in [0.05, 0.1) is 0 Å². The van der Waals surface area contributed by atoms with Crippen molar-refractivity contribution in [2.24, 2.45) is 11.8 Å². The summed E-state index contributed by atoms with van der Waals surface area (Å²) in [5.41, 5.74) is 0. The molecule has 98 valence electrons. The second-order valence-electron chi connectivity index (χ2n) is 5.84. The van der Waals surface area contributed by atoms with Crippen molar-refractivity contribution in [1.82, 2.24) is 15.5 Å². The predicted octanol–water partition coefficient (Wildman–Crippen LogP) is 1.43. The van der Waals surface area contributed by atoms with Crippen molar-refractivity contribution in [3.05, 3.63) is 0 Å². The van der Waals surface area contributed by atoms with Crippen molar-refractivity contribution in [3.8, 4) is 0 Å². The van der Waals surface area contributed by atoms with Gasteiger partial charge in [-0.25, -0.2) is 4.79 Å². The highest BCUT2D eigenvalue weighted by Crippen LogP contribution is 2.16. The molecule has 2 fully saturated rings. The smallest absolute Gasteiger partial charge is 0.317 e. The lowest BCUT2D eigenvalue weighted by molar-refractivity contribution is 0.162. The van der Waals surface area contributed by atoms with E-state index in [4.69, 9.17) is 0 Å². The maximum Gasteiger partial charge on any atom is 0.317 e. The third-order valence-electron chi connectivity index (χ3n) is 3.84. The molecule has 3 atom stereocenters. The number of nitrogens with zero attached hydrogens (tertiary/aromatic N) is 1. The first-order chi connectivity index (χ1) is 8.15. The van der Waals surface area contributed by atoms with Gasteiger partial charge in [-0.05, 0) is 37.6 Å². The summed E-state index contributed by atoms with van der Waals surface area (Å²) in [6.45, 7) is 8.29. The van der Waals surface area contributed by atoms with Gasteiger partial charge in [-0.3, -0.25) is 0 Å². The lowest BCUT2D eigenvalue weighted by Gasteiger charge is -2.34. The van der Waals surface area contributed by atoms with E-state index in [2.05, 4.69) is 24.5 Å². The van der Waals surface area contributed by atoms with Crippen LogP contribution >= 0.6 is 0 Å². The van der Waals surface area contributed by atoms with Gasteiger partial charge in [0.2, 0.25) is 0 Å². The number of urea groups is 1. The lowest BCUT2D eigenvalue weighted by atomic mass is 9.97. The molecule has 0 spiro atoms. The number of amides is 2. The van der Waals surface area contributed by atoms with Gasteiger partial charge in [0.1, 0.15) is 0 Å². The largest absolute Gasteiger partial charge is 0.334 e. The third kappa shape index (κ3) is 3.60. The van der Waals surface area contributed by atoms with E-state index >= 15 is 0 Å². The Morgan fingerprint density at radius 1 is 1.29 bits per heavy atom. The Labute approximate surface area is 104 Å². The predicted molar refractivity (Wildman–Crippen MR) is 68.9 cm³/mol. The van der Waals surface area contributed by atoms with Crippen molar-refractivity contribution in [1.29, 1.82) is 0 Å². The Bertz CT molecular complexity index is 269. The zero-order chi connectivity index (χ0) is 12.3. The van der Waals surface area contributed by atoms with E-state index in [-0.39, 0.29) is 6.03 Å². The Kier molecular flexibility index (Phi) is 4.26. The Morgan fingerprint density at radius 2 is 2.12 bits per heavy atom. The number of hydrogen-bond donors (Lipinski definition) is 2. The number of rotatable bonds is 1. The first-order valence-corrected chi connectivity index (χ1v) is 6.91. The van der Waals surface area contributed by atoms with Crippen LogP contribution in [0.25, 0.3) is 0 Å². The molecular formula is C13H25N3O. The minimum Gasteiger partial charge on any atom is -0.334 e. The summed E-state index contributed by atoms with van der Waals surface area (Å²) < 4.78 is 0. The zero-order valence-corrected chi connectivity index (χ0v) is 11.0. The number of carbonyl (C=O) groups excluding carboxylic acids is 1. The molecule has 0 aromatic heterocycles. The molecule has 17 heavy (non-hydrogen) atoms. The van der Waals surface area contributed by atoms with E-state index in [1.165, 1.54) is 6.42 Å². The fourth-order valence-electron chi connectivity index (χ4n) is 2.91. The summed E-state index contributed by atoms with van der Waals surface area (Å²) in [6, 6.07) is 0.445. The maximum absolute atomic E-state index is 12.1. The number of hydrogen-bond acceptors (Lipinski definition) is 2. The van der Waals surface area contributed by atoms with Crippen LogP contribution in [0.1, 0.15) is 33.1 Å². The Hall–Kier alpha value is -0.770. The van der Waals surface area contributed by atoms with E-state index in [0.717, 1.165) is 39.0 Å². The van der Waals surface area contributed by atoms with Crippen LogP contribution in [-0.2, 0) is 0 Å². The molecule has 2 aliphatic heterocycles. The van der Waals surface area contributed by atoms with E-state index in [9.17, 15) is 4.79 Å². The van der Waals surface area contributed by atoms with Crippen LogP contribution in [0.15, 0.2) is 0 Å². The number of likely N-dealkylation sites (tertiary alicyclic amines) is 1. The standard InChI is InChI=1S/C13H25N3O/c1-10-4-3-5-16(9-10)13(17)15-12-6-11(2)7-14-8-12/h10-12,14H,3-9H2,1-2H3,(H,15,17). The topological polar surface area (TPSA) is 44.4 Å². The normalized spacial score (nSPS) is 34.5. The molecule has 0 bridgehead atoms. The van der Waals surface area contributed by atoms with Gasteiger partial charge in [-0.2, -0.15) is 0 Å². The SMILES string of the molecule is CC1CNCC(NC(=O)N2CCCC(C)C2)C1. The quantitative estimate of drug-likeness (QED) is 0.727. The summed E-state index contributed by atoms with van der Waals surface area (Å²) >= 11 is 0. The number of nitrogens with one attached hydrogen (secondary N) is 2. The molecule has 2 heterocycles. The van der Waals surface area contributed by atoms with E-state index in [1.807, 2.05) is 4.90 Å². The molecule has 0 radical (unpaired) electrons. The van der Waals surface area contributed by atoms with Crippen molar-refractivity contribution in [3.63, 3.8) is 0 Å². The number of piperidine rings is 2. The summed E-state index contributed by atoms with van der Waals surface area (Å²) in [5, 5.41) is 6.53. The van der Waals surface area contributed by atoms with Gasteiger partial charge in [0, 0.05) is 25.7 Å². The first-order valence-electron chi connectivity index (χ1n) is 6.91. The summed E-state index contributed by atoms with van der Waals surface area (Å²) in [5.74, 6) is 1.31. The summed E-state index contributed by atoms with van der Waals surface area (Å²) in [7, 11) is 0. The molecule has 3 unspecified atom stereocenters. The minimum absolute atomic E-state index is 0.137. The van der Waals surface area contributed by atoms with Crippen molar-refractivity contribution in [2.75, 3.05) is 26.2 Å². The van der Waals surface area contributed by atoms with Crippen molar-refractivity contribution in [2.45, 2.75) is 39.2 Å². The monoisotopic (exact) mass is 239 g/mol. The molecule has 0 saturated carbocycles. The summed E-state index contributed by atoms with van der Waals surface area (Å²) in [4.78, 5) is 14.1. The highest BCUT2D eigenvalue weighted by Gasteiger charge is 2.25. The van der Waals surface area contributed by atoms with Gasteiger partial charge in [-0.1, -0.05) is 13.8 Å². The van der Waals surface area contributed by atoms with Crippen LogP contribution in [0, 0.1) is 11.8 Å². The van der Waals surface area contributed by atoms with Gasteiger partial charge >= 0.3 is 6.03 Å². The average Bonchev–Trinajstić information content (AvgIpc) is 2.29. The van der Waals surface area contributed by atoms with E-state index in [0.29, 0.717) is 17.9 Å². The molecule has 4 heteroatoms. The van der Waals surface area contributed by atoms with E-state index in [1.54, 1.807) is 0 Å². The highest BCUT2D eigenvalue weighted by atomic mass is 16.2. The van der Waals surface area contributed by atoms with Gasteiger partial charge in [-0.15, -0.1) is 0 Å². The molecule has 2 amide bonds. The van der Waals surface area contributed by atoms with Gasteiger partial charge in [0.25, 0.3) is 0 Å².